The standard InChI is InChI=1S/C17H12F2N4O2/c18-11-6-10(7-12(19)8-11)16-21-14-9-23(5-3-15(14)25-16)17(24)13-2-1-4-20-22-13/h1-2,4,6-8H,3,5,9H2. The minimum absolute atomic E-state index is 0.136. The fourth-order valence-corrected chi connectivity index (χ4v) is 2.75. The van der Waals surface area contributed by atoms with Gasteiger partial charge in [0, 0.05) is 30.8 Å². The molecule has 1 aliphatic heterocycles. The summed E-state index contributed by atoms with van der Waals surface area (Å²) in [6.07, 6.45) is 1.96. The summed E-state index contributed by atoms with van der Waals surface area (Å²) < 4.78 is 32.4. The first-order valence-corrected chi connectivity index (χ1v) is 7.62. The monoisotopic (exact) mass is 342 g/mol. The Balaban J connectivity index is 1.60. The molecule has 1 amide bonds. The van der Waals surface area contributed by atoms with Crippen molar-refractivity contribution in [3.05, 3.63) is 65.3 Å². The molecule has 0 aliphatic carbocycles. The normalized spacial score (nSPS) is 13.6. The van der Waals surface area contributed by atoms with Gasteiger partial charge in [0.1, 0.15) is 23.1 Å². The summed E-state index contributed by atoms with van der Waals surface area (Å²) in [5.41, 5.74) is 1.05. The minimum atomic E-state index is -0.703. The van der Waals surface area contributed by atoms with Crippen molar-refractivity contribution in [2.75, 3.05) is 6.54 Å². The molecule has 4 rings (SSSR count). The van der Waals surface area contributed by atoms with Crippen LogP contribution in [0.3, 0.4) is 0 Å². The van der Waals surface area contributed by atoms with Crippen molar-refractivity contribution in [1.82, 2.24) is 20.1 Å². The van der Waals surface area contributed by atoms with Crippen molar-refractivity contribution >= 4 is 5.91 Å². The molecule has 0 spiro atoms. The van der Waals surface area contributed by atoms with Crippen molar-refractivity contribution in [3.63, 3.8) is 0 Å². The van der Waals surface area contributed by atoms with Gasteiger partial charge in [-0.1, -0.05) is 0 Å². The van der Waals surface area contributed by atoms with E-state index in [0.29, 0.717) is 24.4 Å². The number of carbonyl (C=O) groups excluding carboxylic acids is 1. The SMILES string of the molecule is O=C(c1cccnn1)N1CCc2oc(-c3cc(F)cc(F)c3)nc2C1. The van der Waals surface area contributed by atoms with Gasteiger partial charge in [-0.2, -0.15) is 5.10 Å². The van der Waals surface area contributed by atoms with E-state index in [9.17, 15) is 13.6 Å². The fraction of sp³-hybridized carbons (Fsp3) is 0.176. The third-order valence-corrected chi connectivity index (χ3v) is 3.92. The zero-order valence-electron chi connectivity index (χ0n) is 12.9. The van der Waals surface area contributed by atoms with Crippen LogP contribution in [0, 0.1) is 11.6 Å². The second-order valence-corrected chi connectivity index (χ2v) is 5.63. The summed E-state index contributed by atoms with van der Waals surface area (Å²) in [5, 5.41) is 7.52. The topological polar surface area (TPSA) is 72.1 Å². The summed E-state index contributed by atoms with van der Waals surface area (Å²) >= 11 is 0. The van der Waals surface area contributed by atoms with Crippen LogP contribution in [0.15, 0.2) is 40.9 Å². The van der Waals surface area contributed by atoms with Crippen molar-refractivity contribution < 1.29 is 18.0 Å². The number of benzene rings is 1. The number of nitrogens with zero attached hydrogens (tertiary/aromatic N) is 4. The van der Waals surface area contributed by atoms with Crippen LogP contribution in [0.5, 0.6) is 0 Å². The van der Waals surface area contributed by atoms with Crippen LogP contribution in [0.1, 0.15) is 21.9 Å². The van der Waals surface area contributed by atoms with E-state index in [4.69, 9.17) is 4.42 Å². The van der Waals surface area contributed by atoms with Gasteiger partial charge in [-0.05, 0) is 24.3 Å². The van der Waals surface area contributed by atoms with Crippen LogP contribution in [0.25, 0.3) is 11.5 Å². The van der Waals surface area contributed by atoms with E-state index in [1.807, 2.05) is 0 Å². The fourth-order valence-electron chi connectivity index (χ4n) is 2.75. The maximum Gasteiger partial charge on any atom is 0.274 e. The smallest absolute Gasteiger partial charge is 0.274 e. The molecule has 0 unspecified atom stereocenters. The molecule has 2 aromatic heterocycles. The number of halogens is 2. The van der Waals surface area contributed by atoms with Crippen LogP contribution in [0.4, 0.5) is 8.78 Å². The number of rotatable bonds is 2. The molecule has 3 heterocycles. The van der Waals surface area contributed by atoms with Gasteiger partial charge in [-0.3, -0.25) is 4.79 Å². The molecule has 25 heavy (non-hydrogen) atoms. The van der Waals surface area contributed by atoms with Crippen molar-refractivity contribution in [2.24, 2.45) is 0 Å². The lowest BCUT2D eigenvalue weighted by Crippen LogP contribution is -2.36. The molecule has 0 saturated heterocycles. The molecule has 1 aromatic carbocycles. The summed E-state index contributed by atoms with van der Waals surface area (Å²) in [4.78, 5) is 18.3. The lowest BCUT2D eigenvalue weighted by Gasteiger charge is -2.24. The quantitative estimate of drug-likeness (QED) is 0.716. The van der Waals surface area contributed by atoms with Gasteiger partial charge < -0.3 is 9.32 Å². The number of hydrogen-bond donors (Lipinski definition) is 0. The Morgan fingerprint density at radius 1 is 1.20 bits per heavy atom. The van der Waals surface area contributed by atoms with Crippen molar-refractivity contribution in [1.29, 1.82) is 0 Å². The van der Waals surface area contributed by atoms with E-state index in [1.165, 1.54) is 6.20 Å². The summed E-state index contributed by atoms with van der Waals surface area (Å²) in [6.45, 7) is 0.681. The van der Waals surface area contributed by atoms with Gasteiger partial charge in [0.15, 0.2) is 5.69 Å². The maximum atomic E-state index is 13.4. The second-order valence-electron chi connectivity index (χ2n) is 5.63. The number of aromatic nitrogens is 3. The number of carbonyl (C=O) groups is 1. The highest BCUT2D eigenvalue weighted by molar-refractivity contribution is 5.92. The maximum absolute atomic E-state index is 13.4. The number of hydrogen-bond acceptors (Lipinski definition) is 5. The van der Waals surface area contributed by atoms with Crippen LogP contribution in [-0.4, -0.2) is 32.5 Å². The Bertz CT molecular complexity index is 923. The molecule has 126 valence electrons. The lowest BCUT2D eigenvalue weighted by atomic mass is 10.1. The van der Waals surface area contributed by atoms with Gasteiger partial charge in [-0.25, -0.2) is 13.8 Å². The Morgan fingerprint density at radius 2 is 2.00 bits per heavy atom. The van der Waals surface area contributed by atoms with Crippen LogP contribution < -0.4 is 0 Å². The molecule has 3 aromatic rings. The molecule has 1 aliphatic rings. The molecular formula is C17H12F2N4O2. The summed E-state index contributed by atoms with van der Waals surface area (Å²) in [6, 6.07) is 6.33. The molecule has 0 bridgehead atoms. The molecule has 0 atom stereocenters. The van der Waals surface area contributed by atoms with E-state index in [-0.39, 0.29) is 29.6 Å². The van der Waals surface area contributed by atoms with E-state index in [0.717, 1.165) is 18.2 Å². The number of oxazole rings is 1. The zero-order chi connectivity index (χ0) is 17.4. The predicted molar refractivity (Wildman–Crippen MR) is 82.3 cm³/mol. The number of fused-ring (bicyclic) bond motifs is 1. The summed E-state index contributed by atoms with van der Waals surface area (Å²) in [5.74, 6) is -0.906. The first-order chi connectivity index (χ1) is 12.1. The van der Waals surface area contributed by atoms with Gasteiger partial charge >= 0.3 is 0 Å². The van der Waals surface area contributed by atoms with Gasteiger partial charge in [0.05, 0.1) is 6.54 Å². The van der Waals surface area contributed by atoms with E-state index in [1.54, 1.807) is 17.0 Å². The van der Waals surface area contributed by atoms with E-state index in [2.05, 4.69) is 15.2 Å². The summed E-state index contributed by atoms with van der Waals surface area (Å²) in [7, 11) is 0. The zero-order valence-corrected chi connectivity index (χ0v) is 12.9. The largest absolute Gasteiger partial charge is 0.441 e. The minimum Gasteiger partial charge on any atom is -0.441 e. The predicted octanol–water partition coefficient (Wildman–Crippen LogP) is 2.61. The number of amides is 1. The van der Waals surface area contributed by atoms with E-state index >= 15 is 0 Å². The van der Waals surface area contributed by atoms with Crippen LogP contribution in [-0.2, 0) is 13.0 Å². The molecule has 0 saturated carbocycles. The van der Waals surface area contributed by atoms with Crippen molar-refractivity contribution in [2.45, 2.75) is 13.0 Å². The Kier molecular flexibility index (Phi) is 3.72. The third-order valence-electron chi connectivity index (χ3n) is 3.92. The second kappa shape index (κ2) is 6.04. The molecule has 0 fully saturated rings. The first kappa shape index (κ1) is 15.4. The Labute approximate surface area is 141 Å². The highest BCUT2D eigenvalue weighted by atomic mass is 19.1. The highest BCUT2D eigenvalue weighted by Gasteiger charge is 2.27. The van der Waals surface area contributed by atoms with Gasteiger partial charge in [0.25, 0.3) is 5.91 Å². The van der Waals surface area contributed by atoms with E-state index < -0.39 is 11.6 Å². The molecule has 8 heteroatoms. The Hall–Kier alpha value is -3.16. The molecular weight excluding hydrogens is 330 g/mol. The van der Waals surface area contributed by atoms with Crippen LogP contribution >= 0.6 is 0 Å². The van der Waals surface area contributed by atoms with Gasteiger partial charge in [-0.15, -0.1) is 5.10 Å². The molecule has 0 radical (unpaired) electrons. The Morgan fingerprint density at radius 3 is 2.72 bits per heavy atom. The van der Waals surface area contributed by atoms with Crippen LogP contribution in [0.2, 0.25) is 0 Å². The van der Waals surface area contributed by atoms with Gasteiger partial charge in [0.2, 0.25) is 5.89 Å². The lowest BCUT2D eigenvalue weighted by molar-refractivity contribution is 0.0720. The molecule has 6 nitrogen and oxygen atoms in total. The highest BCUT2D eigenvalue weighted by Crippen LogP contribution is 2.27. The average Bonchev–Trinajstić information content (AvgIpc) is 3.04. The van der Waals surface area contributed by atoms with Crippen molar-refractivity contribution in [3.8, 4) is 11.5 Å². The molecule has 0 N–H and O–H groups in total. The first-order valence-electron chi connectivity index (χ1n) is 7.62. The average molecular weight is 342 g/mol. The third kappa shape index (κ3) is 2.98.